The Morgan fingerprint density at radius 2 is 0.852 bits per heavy atom. The van der Waals surface area contributed by atoms with Crippen LogP contribution < -0.4 is 28.0 Å². The molecule has 0 rings (SSSR count). The van der Waals surface area contributed by atoms with Gasteiger partial charge in [0.2, 0.25) is 11.8 Å². The maximum Gasteiger partial charge on any atom is 0.245 e. The third-order valence-electron chi connectivity index (χ3n) is 11.2. The van der Waals surface area contributed by atoms with Crippen LogP contribution in [0.3, 0.4) is 0 Å². The Kier molecular flexibility index (Phi) is 43.1. The highest BCUT2D eigenvalue weighted by atomic mass is 79.9. The first kappa shape index (κ1) is 55.4. The quantitative estimate of drug-likeness (QED) is 0.0476. The van der Waals surface area contributed by atoms with Crippen molar-refractivity contribution in [1.82, 2.24) is 10.2 Å². The van der Waals surface area contributed by atoms with Crippen LogP contribution in [0.15, 0.2) is 0 Å². The predicted octanol–water partition coefficient (Wildman–Crippen LogP) is 9.66. The molecule has 0 aliphatic heterocycles. The van der Waals surface area contributed by atoms with Gasteiger partial charge in [0.1, 0.15) is 6.04 Å². The number of halogens is 1. The van der Waals surface area contributed by atoms with Crippen LogP contribution in [0.4, 0.5) is 0 Å². The van der Waals surface area contributed by atoms with Gasteiger partial charge in [0.15, 0.2) is 0 Å². The summed E-state index contributed by atoms with van der Waals surface area (Å²) in [5.74, 6) is 0.180. The van der Waals surface area contributed by atoms with Gasteiger partial charge in [0, 0.05) is 19.5 Å². The maximum atomic E-state index is 14.1. The number of nitrogens with zero attached hydrogens (tertiary/aromatic N) is 2. The lowest BCUT2D eigenvalue weighted by molar-refractivity contribution is -0.870. The van der Waals surface area contributed by atoms with Crippen molar-refractivity contribution in [1.29, 1.82) is 0 Å². The Morgan fingerprint density at radius 3 is 1.20 bits per heavy atom. The molecule has 0 fully saturated rings. The summed E-state index contributed by atoms with van der Waals surface area (Å²) in [6.07, 6.45) is 43.6. The van der Waals surface area contributed by atoms with Crippen molar-refractivity contribution in [2.45, 2.75) is 245 Å². The molecule has 0 aromatic carbocycles. The summed E-state index contributed by atoms with van der Waals surface area (Å²) in [6, 6.07) is -0.418. The summed E-state index contributed by atoms with van der Waals surface area (Å²) in [7, 11) is 6.65. The zero-order chi connectivity index (χ0) is 39.1. The number of amides is 2. The van der Waals surface area contributed by atoms with Gasteiger partial charge >= 0.3 is 0 Å². The molecule has 0 radical (unpaired) electrons. The van der Waals surface area contributed by atoms with E-state index in [0.717, 1.165) is 69.1 Å². The molecule has 0 aliphatic carbocycles. The van der Waals surface area contributed by atoms with Gasteiger partial charge in [-0.3, -0.25) is 9.59 Å². The summed E-state index contributed by atoms with van der Waals surface area (Å²) < 4.78 is 0.957. The second-order valence-corrected chi connectivity index (χ2v) is 17.7. The van der Waals surface area contributed by atoms with E-state index in [2.05, 4.69) is 45.2 Å². The number of hydrogen-bond donors (Lipinski definition) is 2. The van der Waals surface area contributed by atoms with E-state index in [4.69, 9.17) is 5.73 Å². The molecule has 54 heavy (non-hydrogen) atoms. The van der Waals surface area contributed by atoms with E-state index in [1.54, 1.807) is 0 Å². The number of hydrogen-bond acceptors (Lipinski definition) is 3. The molecule has 3 N–H and O–H groups in total. The lowest BCUT2D eigenvalue weighted by atomic mass is 10.0. The summed E-state index contributed by atoms with van der Waals surface area (Å²) in [4.78, 5) is 29.2. The zero-order valence-electron chi connectivity index (χ0n) is 37.3. The number of rotatable bonds is 42. The highest BCUT2D eigenvalue weighted by molar-refractivity contribution is 5.87. The van der Waals surface area contributed by atoms with Gasteiger partial charge < -0.3 is 37.4 Å². The van der Waals surface area contributed by atoms with Crippen molar-refractivity contribution in [3.05, 3.63) is 0 Å². The first-order valence-electron chi connectivity index (χ1n) is 23.8. The molecule has 0 bridgehead atoms. The van der Waals surface area contributed by atoms with E-state index in [1.807, 2.05) is 0 Å². The normalized spacial score (nSPS) is 12.1. The topological polar surface area (TPSA) is 75.4 Å². The second-order valence-electron chi connectivity index (χ2n) is 17.7. The Hall–Kier alpha value is -0.660. The number of carbonyl (C=O) groups is 2. The highest BCUT2D eigenvalue weighted by Gasteiger charge is 2.25. The fourth-order valence-corrected chi connectivity index (χ4v) is 7.61. The average Bonchev–Trinajstić information content (AvgIpc) is 3.13. The Morgan fingerprint density at radius 1 is 0.500 bits per heavy atom. The van der Waals surface area contributed by atoms with Crippen molar-refractivity contribution in [2.24, 2.45) is 5.73 Å². The Bertz CT molecular complexity index is 758. The van der Waals surface area contributed by atoms with Gasteiger partial charge in [-0.05, 0) is 57.9 Å². The third-order valence-corrected chi connectivity index (χ3v) is 11.2. The average molecular weight is 830 g/mol. The Balaban J connectivity index is 0. The van der Waals surface area contributed by atoms with Crippen molar-refractivity contribution >= 4 is 11.8 Å². The molecule has 0 saturated carbocycles. The minimum absolute atomic E-state index is 0. The van der Waals surface area contributed by atoms with Crippen molar-refractivity contribution < 1.29 is 31.1 Å². The van der Waals surface area contributed by atoms with Gasteiger partial charge in [0.25, 0.3) is 0 Å². The summed E-state index contributed by atoms with van der Waals surface area (Å²) in [5.41, 5.74) is 5.83. The monoisotopic (exact) mass is 829 g/mol. The smallest absolute Gasteiger partial charge is 0.245 e. The van der Waals surface area contributed by atoms with Gasteiger partial charge in [0.05, 0.1) is 27.7 Å². The van der Waals surface area contributed by atoms with Crippen LogP contribution in [0.25, 0.3) is 0 Å². The molecule has 0 unspecified atom stereocenters. The first-order valence-corrected chi connectivity index (χ1v) is 23.8. The number of nitrogens with one attached hydrogen (secondary N) is 1. The van der Waals surface area contributed by atoms with Gasteiger partial charge in [-0.2, -0.15) is 0 Å². The summed E-state index contributed by atoms with van der Waals surface area (Å²) >= 11 is 0. The van der Waals surface area contributed by atoms with E-state index in [1.165, 1.54) is 167 Å². The highest BCUT2D eigenvalue weighted by Crippen LogP contribution is 2.16. The van der Waals surface area contributed by atoms with Crippen LogP contribution in [-0.4, -0.2) is 74.6 Å². The molecule has 0 spiro atoms. The molecule has 1 atom stereocenters. The van der Waals surface area contributed by atoms with Crippen LogP contribution in [0.2, 0.25) is 0 Å². The van der Waals surface area contributed by atoms with E-state index in [-0.39, 0.29) is 28.8 Å². The molecule has 324 valence electrons. The van der Waals surface area contributed by atoms with Crippen LogP contribution in [0.5, 0.6) is 0 Å². The van der Waals surface area contributed by atoms with E-state index < -0.39 is 6.04 Å². The molecule has 2 amide bonds. The van der Waals surface area contributed by atoms with Crippen LogP contribution in [-0.2, 0) is 9.59 Å². The minimum Gasteiger partial charge on any atom is -1.00 e. The summed E-state index contributed by atoms with van der Waals surface area (Å²) in [5, 5.41) is 3.19. The molecule has 0 aromatic heterocycles. The summed E-state index contributed by atoms with van der Waals surface area (Å²) in [6.45, 7) is 7.97. The molecule has 0 aliphatic rings. The first-order chi connectivity index (χ1) is 25.7. The number of quaternary nitrogens is 1. The maximum absolute atomic E-state index is 14.1. The van der Waals surface area contributed by atoms with E-state index in [9.17, 15) is 9.59 Å². The van der Waals surface area contributed by atoms with Gasteiger partial charge in [-0.25, -0.2) is 0 Å². The van der Waals surface area contributed by atoms with Crippen molar-refractivity contribution in [3.8, 4) is 0 Å². The molecular weight excluding hydrogens is 732 g/mol. The van der Waals surface area contributed by atoms with Gasteiger partial charge in [-0.1, -0.05) is 181 Å². The molecule has 0 saturated heterocycles. The molecular formula is C47H97BrN4O2. The molecule has 7 heteroatoms. The molecule has 0 aromatic rings. The second kappa shape index (κ2) is 42.0. The number of unbranched alkanes of at least 4 members (excludes halogenated alkanes) is 29. The van der Waals surface area contributed by atoms with Gasteiger partial charge in [-0.15, -0.1) is 0 Å². The van der Waals surface area contributed by atoms with E-state index in [0.29, 0.717) is 19.4 Å². The lowest BCUT2D eigenvalue weighted by Crippen LogP contribution is -3.00. The number of carbonyl (C=O) groups excluding carboxylic acids is 2. The minimum atomic E-state index is -0.418. The largest absolute Gasteiger partial charge is 1.00 e. The lowest BCUT2D eigenvalue weighted by Gasteiger charge is -2.28. The fourth-order valence-electron chi connectivity index (χ4n) is 7.61. The Labute approximate surface area is 349 Å². The van der Waals surface area contributed by atoms with Crippen LogP contribution in [0.1, 0.15) is 239 Å². The predicted molar refractivity (Wildman–Crippen MR) is 233 cm³/mol. The van der Waals surface area contributed by atoms with Crippen LogP contribution >= 0.6 is 0 Å². The SMILES string of the molecule is CCCCCCCCCCCCCCCCN(CCCCCCCCCCCCCCCC)C(=O)[C@H](CCCCN)NC(=O)CCCCC[N+](C)(C)C.[Br-]. The molecule has 0 heterocycles. The van der Waals surface area contributed by atoms with Crippen molar-refractivity contribution in [2.75, 3.05) is 47.3 Å². The van der Waals surface area contributed by atoms with Crippen LogP contribution in [0, 0.1) is 0 Å². The zero-order valence-corrected chi connectivity index (χ0v) is 38.9. The van der Waals surface area contributed by atoms with E-state index >= 15 is 0 Å². The van der Waals surface area contributed by atoms with Crippen molar-refractivity contribution in [3.63, 3.8) is 0 Å². The number of nitrogens with two attached hydrogens (primary N) is 1. The third kappa shape index (κ3) is 39.6. The molecule has 6 nitrogen and oxygen atoms in total. The fraction of sp³-hybridized carbons (Fsp3) is 0.957. The standard InChI is InChI=1S/C47H96N4O2.BrH/c1-6-8-10-12-14-16-18-20-22-24-26-28-30-36-42-50(43-37-31-29-27-25-23-21-19-17-15-13-11-9-7-2)47(53)45(39-34-35-41-48)49-46(52)40-33-32-38-44-51(3,4)5;/h45H,6-44,48H2,1-5H3;1H/t45-;/m0./s1.